The number of piperazine rings is 1. The Kier molecular flexibility index (Phi) is 10.1. The monoisotopic (exact) mass is 722 g/mol. The molecule has 1 fully saturated rings. The van der Waals surface area contributed by atoms with Crippen LogP contribution in [-0.4, -0.2) is 77.3 Å². The quantitative estimate of drug-likeness (QED) is 0.118. The highest BCUT2D eigenvalue weighted by molar-refractivity contribution is 7.71. The van der Waals surface area contributed by atoms with Gasteiger partial charge < -0.3 is 0 Å². The summed E-state index contributed by atoms with van der Waals surface area (Å²) < 4.78 is 85.3. The summed E-state index contributed by atoms with van der Waals surface area (Å²) in [6.07, 6.45) is -7.23. The maximum atomic E-state index is 13.8. The van der Waals surface area contributed by atoms with Crippen molar-refractivity contribution in [1.29, 1.82) is 0 Å². The summed E-state index contributed by atoms with van der Waals surface area (Å²) in [5, 5.41) is 16.1. The van der Waals surface area contributed by atoms with E-state index < -0.39 is 24.0 Å². The van der Waals surface area contributed by atoms with Crippen LogP contribution >= 0.6 is 47.6 Å². The number of benzene rings is 2. The van der Waals surface area contributed by atoms with Gasteiger partial charge in [-0.3, -0.25) is 9.80 Å². The van der Waals surface area contributed by atoms with Gasteiger partial charge in [0.1, 0.15) is 0 Å². The SMILES string of the molecule is FC(F)(F)c1nn(CN2CCN(Cn3nc(C(F)(F)F)n(/N=C/c4ccc(Cl)cc4)c3=S)CC2)c(=S)n1/N=C/c1ccc(Cl)cc1. The van der Waals surface area contributed by atoms with Crippen molar-refractivity contribution in [3.8, 4) is 0 Å². The fourth-order valence-electron chi connectivity index (χ4n) is 4.34. The summed E-state index contributed by atoms with van der Waals surface area (Å²) in [5.74, 6) is -2.57. The number of hydrogen-bond donors (Lipinski definition) is 0. The lowest BCUT2D eigenvalue weighted by molar-refractivity contribution is -0.148. The number of rotatable bonds is 8. The highest BCUT2D eigenvalue weighted by Crippen LogP contribution is 2.29. The van der Waals surface area contributed by atoms with Gasteiger partial charge in [0.2, 0.25) is 9.54 Å². The lowest BCUT2D eigenvalue weighted by atomic mass is 10.2. The van der Waals surface area contributed by atoms with Crippen molar-refractivity contribution in [3.05, 3.63) is 90.9 Å². The van der Waals surface area contributed by atoms with Crippen molar-refractivity contribution in [2.24, 2.45) is 10.2 Å². The molecule has 10 nitrogen and oxygen atoms in total. The first-order chi connectivity index (χ1) is 21.7. The minimum Gasteiger partial charge on any atom is -0.282 e. The average molecular weight is 724 g/mol. The zero-order chi connectivity index (χ0) is 33.2. The van der Waals surface area contributed by atoms with Crippen LogP contribution in [0, 0.1) is 9.54 Å². The van der Waals surface area contributed by atoms with Crippen LogP contribution in [-0.2, 0) is 25.7 Å². The summed E-state index contributed by atoms with van der Waals surface area (Å²) in [7, 11) is 0. The van der Waals surface area contributed by atoms with Gasteiger partial charge in [-0.2, -0.15) is 45.9 Å². The van der Waals surface area contributed by atoms with Crippen LogP contribution < -0.4 is 0 Å². The molecule has 2 aromatic carbocycles. The van der Waals surface area contributed by atoms with Crippen LogP contribution in [0.2, 0.25) is 10.0 Å². The predicted molar refractivity (Wildman–Crippen MR) is 164 cm³/mol. The Morgan fingerprint density at radius 1 is 0.630 bits per heavy atom. The van der Waals surface area contributed by atoms with Gasteiger partial charge in [0.05, 0.1) is 25.8 Å². The standard InChI is InChI=1S/C26H22Cl2F6N10S2/c27-19-5-1-17(2-6-19)13-35-43-21(25(29,30)31)37-41(23(43)45)15-39-9-11-40(12-10-39)16-42-24(46)44(22(38-42)26(32,33)34)36-14-18-3-7-20(28)8-4-18/h1-8,13-14H,9-12,15-16H2/b35-13+,36-14+. The Morgan fingerprint density at radius 3 is 1.26 bits per heavy atom. The number of halogens is 8. The summed E-state index contributed by atoms with van der Waals surface area (Å²) >= 11 is 22.2. The molecule has 1 saturated heterocycles. The predicted octanol–water partition coefficient (Wildman–Crippen LogP) is 6.48. The molecule has 4 aromatic rings. The molecule has 20 heteroatoms. The summed E-state index contributed by atoms with van der Waals surface area (Å²) in [5.41, 5.74) is 1.01. The van der Waals surface area contributed by atoms with Gasteiger partial charge in [-0.15, -0.1) is 10.2 Å². The molecule has 0 spiro atoms. The van der Waals surface area contributed by atoms with Gasteiger partial charge >= 0.3 is 12.4 Å². The van der Waals surface area contributed by atoms with E-state index in [1.165, 1.54) is 12.4 Å². The second-order valence-electron chi connectivity index (χ2n) is 9.94. The van der Waals surface area contributed by atoms with E-state index in [2.05, 4.69) is 20.4 Å². The molecule has 0 aliphatic carbocycles. The van der Waals surface area contributed by atoms with Gasteiger partial charge in [-0.1, -0.05) is 47.5 Å². The second-order valence-corrected chi connectivity index (χ2v) is 11.5. The van der Waals surface area contributed by atoms with Crippen molar-refractivity contribution < 1.29 is 26.3 Å². The second kappa shape index (κ2) is 13.7. The topological polar surface area (TPSA) is 76.7 Å². The molecule has 1 aliphatic heterocycles. The van der Waals surface area contributed by atoms with Crippen molar-refractivity contribution >= 4 is 60.1 Å². The van der Waals surface area contributed by atoms with E-state index in [9.17, 15) is 26.3 Å². The van der Waals surface area contributed by atoms with Crippen molar-refractivity contribution in [2.45, 2.75) is 25.7 Å². The first-order valence-corrected chi connectivity index (χ1v) is 14.8. The van der Waals surface area contributed by atoms with Crippen molar-refractivity contribution in [3.63, 3.8) is 0 Å². The van der Waals surface area contributed by atoms with Gasteiger partial charge in [0.15, 0.2) is 0 Å². The van der Waals surface area contributed by atoms with Crippen LogP contribution in [0.3, 0.4) is 0 Å². The minimum atomic E-state index is -4.83. The zero-order valence-corrected chi connectivity index (χ0v) is 26.5. The van der Waals surface area contributed by atoms with E-state index in [0.29, 0.717) is 56.7 Å². The Bertz CT molecular complexity index is 1710. The van der Waals surface area contributed by atoms with Crippen LogP contribution in [0.5, 0.6) is 0 Å². The Balaban J connectivity index is 1.27. The van der Waals surface area contributed by atoms with Gasteiger partial charge in [0, 0.05) is 36.2 Å². The lowest BCUT2D eigenvalue weighted by Crippen LogP contribution is -2.47. The smallest absolute Gasteiger partial charge is 0.282 e. The molecule has 3 heterocycles. The Labute approximate surface area is 277 Å². The molecule has 244 valence electrons. The molecule has 0 amide bonds. The number of aromatic nitrogens is 6. The van der Waals surface area contributed by atoms with Crippen molar-refractivity contribution in [1.82, 2.24) is 38.7 Å². The maximum Gasteiger partial charge on any atom is 0.453 e. The summed E-state index contributed by atoms with van der Waals surface area (Å²) in [6.45, 7) is 1.26. The molecule has 5 rings (SSSR count). The molecule has 0 saturated carbocycles. The number of alkyl halides is 6. The zero-order valence-electron chi connectivity index (χ0n) is 23.3. The molecule has 0 bridgehead atoms. The van der Waals surface area contributed by atoms with E-state index in [-0.39, 0.29) is 22.9 Å². The van der Waals surface area contributed by atoms with Crippen LogP contribution in [0.1, 0.15) is 22.8 Å². The van der Waals surface area contributed by atoms with Crippen LogP contribution in [0.15, 0.2) is 58.7 Å². The molecule has 0 unspecified atom stereocenters. The third-order valence-electron chi connectivity index (χ3n) is 6.66. The molecular formula is C26H22Cl2F6N10S2. The number of hydrogen-bond acceptors (Lipinski definition) is 8. The van der Waals surface area contributed by atoms with Gasteiger partial charge in [-0.05, 0) is 59.8 Å². The summed E-state index contributed by atoms with van der Waals surface area (Å²) in [4.78, 5) is 3.62. The van der Waals surface area contributed by atoms with E-state index in [0.717, 1.165) is 9.36 Å². The van der Waals surface area contributed by atoms with Crippen LogP contribution in [0.25, 0.3) is 0 Å². The van der Waals surface area contributed by atoms with E-state index in [1.54, 1.807) is 48.5 Å². The molecule has 0 N–H and O–H groups in total. The van der Waals surface area contributed by atoms with Crippen molar-refractivity contribution in [2.75, 3.05) is 26.2 Å². The molecule has 46 heavy (non-hydrogen) atoms. The fourth-order valence-corrected chi connectivity index (χ4v) is 5.06. The molecule has 1 aliphatic rings. The molecular weight excluding hydrogens is 701 g/mol. The third kappa shape index (κ3) is 8.10. The minimum absolute atomic E-state index is 0.0646. The number of nitrogens with zero attached hydrogens (tertiary/aromatic N) is 10. The van der Waals surface area contributed by atoms with Gasteiger partial charge in [-0.25, -0.2) is 9.36 Å². The van der Waals surface area contributed by atoms with E-state index >= 15 is 0 Å². The third-order valence-corrected chi connectivity index (χ3v) is 7.93. The molecule has 2 aromatic heterocycles. The Hall–Kier alpha value is -3.42. The van der Waals surface area contributed by atoms with E-state index in [4.69, 9.17) is 47.6 Å². The van der Waals surface area contributed by atoms with E-state index in [1.807, 2.05) is 9.80 Å². The lowest BCUT2D eigenvalue weighted by Gasteiger charge is -2.34. The first-order valence-electron chi connectivity index (χ1n) is 13.3. The molecule has 0 atom stereocenters. The normalized spacial score (nSPS) is 15.5. The molecule has 0 radical (unpaired) electrons. The largest absolute Gasteiger partial charge is 0.453 e. The van der Waals surface area contributed by atoms with Crippen LogP contribution in [0.4, 0.5) is 26.3 Å². The highest BCUT2D eigenvalue weighted by atomic mass is 35.5. The fraction of sp³-hybridized carbons (Fsp3) is 0.308. The van der Waals surface area contributed by atoms with Gasteiger partial charge in [0.25, 0.3) is 11.6 Å². The maximum absolute atomic E-state index is 13.8. The highest BCUT2D eigenvalue weighted by Gasteiger charge is 2.40. The first kappa shape index (κ1) is 33.9. The Morgan fingerprint density at radius 2 is 0.957 bits per heavy atom. The summed E-state index contributed by atoms with van der Waals surface area (Å²) in [6, 6.07) is 12.6. The average Bonchev–Trinajstić information content (AvgIpc) is 3.49.